The molecule has 114 valence electrons. The van der Waals surface area contributed by atoms with Crippen molar-refractivity contribution in [2.24, 2.45) is 16.7 Å². The summed E-state index contributed by atoms with van der Waals surface area (Å²) < 4.78 is 0. The smallest absolute Gasteiger partial charge is 0.251 e. The third kappa shape index (κ3) is 2.30. The maximum Gasteiger partial charge on any atom is 0.251 e. The second kappa shape index (κ2) is 4.77. The standard InChI is InChI=1S/C18H25NOS/c1-11-5-6-12(9-14(11)21)15(20)19-16-17(2,3)13-7-8-18(16,4)10-13/h5-6,9,13,16,21H,7-8,10H2,1-4H3,(H,19,20)/t13?,16?,18-/m1/s1. The topological polar surface area (TPSA) is 29.1 Å². The summed E-state index contributed by atoms with van der Waals surface area (Å²) >= 11 is 4.42. The second-order valence-corrected chi connectivity index (χ2v) is 8.30. The molecule has 3 rings (SSSR count). The van der Waals surface area contributed by atoms with Crippen LogP contribution in [0.25, 0.3) is 0 Å². The molecule has 0 aliphatic heterocycles. The highest BCUT2D eigenvalue weighted by Gasteiger charge is 2.59. The first-order chi connectivity index (χ1) is 9.74. The number of hydrogen-bond acceptors (Lipinski definition) is 2. The predicted octanol–water partition coefficient (Wildman–Crippen LogP) is 4.23. The molecule has 2 nitrogen and oxygen atoms in total. The van der Waals surface area contributed by atoms with Gasteiger partial charge in [0.05, 0.1) is 0 Å². The van der Waals surface area contributed by atoms with Crippen LogP contribution in [0.5, 0.6) is 0 Å². The van der Waals surface area contributed by atoms with Gasteiger partial charge < -0.3 is 5.32 Å². The Labute approximate surface area is 133 Å². The van der Waals surface area contributed by atoms with Gasteiger partial charge in [-0.2, -0.15) is 0 Å². The molecule has 1 amide bonds. The number of nitrogens with one attached hydrogen (secondary N) is 1. The van der Waals surface area contributed by atoms with Crippen LogP contribution in [-0.4, -0.2) is 11.9 Å². The highest BCUT2D eigenvalue weighted by atomic mass is 32.1. The number of amides is 1. The molecule has 2 unspecified atom stereocenters. The fourth-order valence-electron chi connectivity index (χ4n) is 4.63. The molecule has 0 aromatic heterocycles. The van der Waals surface area contributed by atoms with E-state index in [1.165, 1.54) is 19.3 Å². The zero-order chi connectivity index (χ0) is 15.4. The normalized spacial score (nSPS) is 33.2. The Bertz CT molecular complexity index is 590. The van der Waals surface area contributed by atoms with Crippen molar-refractivity contribution in [3.05, 3.63) is 29.3 Å². The van der Waals surface area contributed by atoms with Crippen LogP contribution < -0.4 is 5.32 Å². The van der Waals surface area contributed by atoms with Crippen LogP contribution in [0.1, 0.15) is 56.0 Å². The van der Waals surface area contributed by atoms with Crippen LogP contribution in [0.2, 0.25) is 0 Å². The molecule has 1 aromatic carbocycles. The van der Waals surface area contributed by atoms with E-state index in [0.717, 1.165) is 16.4 Å². The lowest BCUT2D eigenvalue weighted by atomic mass is 9.68. The Hall–Kier alpha value is -0.960. The van der Waals surface area contributed by atoms with Crippen LogP contribution >= 0.6 is 12.6 Å². The summed E-state index contributed by atoms with van der Waals surface area (Å²) in [6.45, 7) is 8.97. The molecule has 0 saturated heterocycles. The molecule has 2 aliphatic carbocycles. The van der Waals surface area contributed by atoms with Crippen LogP contribution in [0.4, 0.5) is 0 Å². The average Bonchev–Trinajstić information content (AvgIpc) is 2.89. The van der Waals surface area contributed by atoms with Gasteiger partial charge in [0, 0.05) is 16.5 Å². The Kier molecular flexibility index (Phi) is 3.40. The largest absolute Gasteiger partial charge is 0.348 e. The average molecular weight is 303 g/mol. The van der Waals surface area contributed by atoms with Gasteiger partial charge in [-0.05, 0) is 60.6 Å². The van der Waals surface area contributed by atoms with Gasteiger partial charge in [-0.25, -0.2) is 0 Å². The highest BCUT2D eigenvalue weighted by Crippen LogP contribution is 2.62. The molecule has 0 heterocycles. The van der Waals surface area contributed by atoms with Crippen LogP contribution in [0, 0.1) is 23.7 Å². The number of hydrogen-bond donors (Lipinski definition) is 2. The van der Waals surface area contributed by atoms with Crippen LogP contribution in [0.15, 0.2) is 23.1 Å². The molecule has 3 heteroatoms. The van der Waals surface area contributed by atoms with Crippen LogP contribution in [0.3, 0.4) is 0 Å². The van der Waals surface area contributed by atoms with Gasteiger partial charge in [-0.3, -0.25) is 4.79 Å². The number of thiol groups is 1. The fourth-order valence-corrected chi connectivity index (χ4v) is 4.84. The third-order valence-electron chi connectivity index (χ3n) is 6.02. The molecule has 0 radical (unpaired) electrons. The Balaban J connectivity index is 1.83. The number of rotatable bonds is 2. The molecular formula is C18H25NOS. The Morgan fingerprint density at radius 2 is 2.05 bits per heavy atom. The van der Waals surface area contributed by atoms with E-state index in [-0.39, 0.29) is 22.8 Å². The van der Waals surface area contributed by atoms with Crippen molar-refractivity contribution in [2.45, 2.75) is 57.9 Å². The predicted molar refractivity (Wildman–Crippen MR) is 88.9 cm³/mol. The summed E-state index contributed by atoms with van der Waals surface area (Å²) in [5, 5.41) is 3.33. The van der Waals surface area contributed by atoms with Gasteiger partial charge in [0.2, 0.25) is 0 Å². The first-order valence-corrected chi connectivity index (χ1v) is 8.29. The maximum atomic E-state index is 12.6. The first-order valence-electron chi connectivity index (χ1n) is 7.84. The summed E-state index contributed by atoms with van der Waals surface area (Å²) in [5.41, 5.74) is 2.27. The lowest BCUT2D eigenvalue weighted by Crippen LogP contribution is -2.52. The summed E-state index contributed by atoms with van der Waals surface area (Å²) in [6, 6.07) is 6.00. The Morgan fingerprint density at radius 3 is 2.62 bits per heavy atom. The van der Waals surface area contributed by atoms with E-state index in [1.54, 1.807) is 0 Å². The van der Waals surface area contributed by atoms with Gasteiger partial charge in [0.15, 0.2) is 0 Å². The molecule has 2 fully saturated rings. The monoisotopic (exact) mass is 303 g/mol. The molecule has 0 spiro atoms. The van der Waals surface area contributed by atoms with E-state index >= 15 is 0 Å². The van der Waals surface area contributed by atoms with E-state index < -0.39 is 0 Å². The van der Waals surface area contributed by atoms with Crippen molar-refractivity contribution in [1.29, 1.82) is 0 Å². The lowest BCUT2D eigenvalue weighted by molar-refractivity contribution is 0.0737. The molecule has 2 aliphatic rings. The van der Waals surface area contributed by atoms with Gasteiger partial charge in [-0.15, -0.1) is 12.6 Å². The zero-order valence-corrected chi connectivity index (χ0v) is 14.3. The summed E-state index contributed by atoms with van der Waals surface area (Å²) in [5.74, 6) is 0.781. The summed E-state index contributed by atoms with van der Waals surface area (Å²) in [7, 11) is 0. The Morgan fingerprint density at radius 1 is 1.33 bits per heavy atom. The molecule has 1 N–H and O–H groups in total. The van der Waals surface area contributed by atoms with Crippen molar-refractivity contribution in [3.8, 4) is 0 Å². The summed E-state index contributed by atoms with van der Waals surface area (Å²) in [6.07, 6.45) is 3.79. The maximum absolute atomic E-state index is 12.6. The van der Waals surface area contributed by atoms with Crippen molar-refractivity contribution in [1.82, 2.24) is 5.32 Å². The van der Waals surface area contributed by atoms with E-state index in [4.69, 9.17) is 0 Å². The third-order valence-corrected chi connectivity index (χ3v) is 6.50. The number of aryl methyl sites for hydroxylation is 1. The molecule has 2 bridgehead atoms. The SMILES string of the molecule is Cc1ccc(C(=O)NC2C(C)(C)C3CC[C@]2(C)C3)cc1S. The van der Waals surface area contributed by atoms with Gasteiger partial charge in [-0.1, -0.05) is 26.8 Å². The van der Waals surface area contributed by atoms with E-state index in [0.29, 0.717) is 5.56 Å². The van der Waals surface area contributed by atoms with E-state index in [2.05, 4.69) is 38.7 Å². The minimum atomic E-state index is 0.0390. The quantitative estimate of drug-likeness (QED) is 0.787. The minimum absolute atomic E-state index is 0.0390. The highest BCUT2D eigenvalue weighted by molar-refractivity contribution is 7.80. The molecule has 3 atom stereocenters. The van der Waals surface area contributed by atoms with Gasteiger partial charge in [0.25, 0.3) is 5.91 Å². The summed E-state index contributed by atoms with van der Waals surface area (Å²) in [4.78, 5) is 13.5. The molecule has 21 heavy (non-hydrogen) atoms. The molecule has 2 saturated carbocycles. The fraction of sp³-hybridized carbons (Fsp3) is 0.611. The number of benzene rings is 1. The van der Waals surface area contributed by atoms with Crippen molar-refractivity contribution in [2.75, 3.05) is 0 Å². The van der Waals surface area contributed by atoms with Crippen molar-refractivity contribution in [3.63, 3.8) is 0 Å². The minimum Gasteiger partial charge on any atom is -0.348 e. The number of carbonyl (C=O) groups is 1. The van der Waals surface area contributed by atoms with Crippen LogP contribution in [-0.2, 0) is 0 Å². The zero-order valence-electron chi connectivity index (χ0n) is 13.4. The van der Waals surface area contributed by atoms with Gasteiger partial charge in [0.1, 0.15) is 0 Å². The van der Waals surface area contributed by atoms with Crippen molar-refractivity contribution < 1.29 is 4.79 Å². The molecule has 1 aromatic rings. The van der Waals surface area contributed by atoms with Crippen molar-refractivity contribution >= 4 is 18.5 Å². The van der Waals surface area contributed by atoms with E-state index in [9.17, 15) is 4.79 Å². The lowest BCUT2D eigenvalue weighted by Gasteiger charge is -2.43. The number of carbonyl (C=O) groups excluding carboxylic acids is 1. The van der Waals surface area contributed by atoms with E-state index in [1.807, 2.05) is 25.1 Å². The second-order valence-electron chi connectivity index (χ2n) is 7.82. The number of fused-ring (bicyclic) bond motifs is 2. The molecular weight excluding hydrogens is 278 g/mol. The van der Waals surface area contributed by atoms with Gasteiger partial charge >= 0.3 is 0 Å². The first kappa shape index (κ1) is 15.0.